The Bertz CT molecular complexity index is 407. The molecule has 0 bridgehead atoms. The van der Waals surface area contributed by atoms with Gasteiger partial charge in [0.1, 0.15) is 17.2 Å². The maximum Gasteiger partial charge on any atom is 0.232 e. The molecule has 0 saturated carbocycles. The molecule has 1 aliphatic carbocycles. The van der Waals surface area contributed by atoms with Crippen LogP contribution < -0.4 is 0 Å². The monoisotopic (exact) mass is 193 g/mol. The molecule has 0 saturated heterocycles. The highest BCUT2D eigenvalue weighted by molar-refractivity contribution is 6.04. The van der Waals surface area contributed by atoms with Crippen molar-refractivity contribution in [3.63, 3.8) is 0 Å². The van der Waals surface area contributed by atoms with Crippen molar-refractivity contribution >= 4 is 5.71 Å². The van der Waals surface area contributed by atoms with Crippen molar-refractivity contribution in [2.45, 2.75) is 26.1 Å². The molecule has 3 rings (SSSR count). The van der Waals surface area contributed by atoms with E-state index in [0.29, 0.717) is 0 Å². The first-order valence-electron chi connectivity index (χ1n) is 4.77. The third-order valence-electron chi connectivity index (χ3n) is 2.85. The summed E-state index contributed by atoms with van der Waals surface area (Å²) in [5, 5.41) is 13.4. The summed E-state index contributed by atoms with van der Waals surface area (Å²) in [6.07, 6.45) is 0.932. The maximum absolute atomic E-state index is 9.49. The Balaban J connectivity index is 2.10. The van der Waals surface area contributed by atoms with Crippen molar-refractivity contribution < 1.29 is 14.4 Å². The van der Waals surface area contributed by atoms with E-state index in [1.165, 1.54) is 0 Å². The van der Waals surface area contributed by atoms with Gasteiger partial charge >= 0.3 is 0 Å². The summed E-state index contributed by atoms with van der Waals surface area (Å²) in [6.45, 7) is 1.92. The molecule has 1 aromatic rings. The van der Waals surface area contributed by atoms with E-state index in [1.807, 2.05) is 13.0 Å². The normalized spacial score (nSPS) is 29.1. The van der Waals surface area contributed by atoms with E-state index >= 15 is 0 Å². The number of aryl methyl sites for hydroxylation is 2. The van der Waals surface area contributed by atoms with Crippen LogP contribution in [0, 0.1) is 12.8 Å². The third kappa shape index (κ3) is 0.944. The molecule has 0 amide bonds. The molecule has 0 fully saturated rings. The molecule has 74 valence electrons. The average Bonchev–Trinajstić information content (AvgIpc) is 2.68. The molecule has 2 aliphatic rings. The number of aliphatic hydroxyl groups excluding tert-OH is 1. The smallest absolute Gasteiger partial charge is 0.232 e. The van der Waals surface area contributed by atoms with E-state index in [2.05, 4.69) is 5.16 Å². The van der Waals surface area contributed by atoms with Crippen LogP contribution in [0.2, 0.25) is 0 Å². The van der Waals surface area contributed by atoms with Gasteiger partial charge in [-0.1, -0.05) is 5.16 Å². The minimum absolute atomic E-state index is 0.0273. The van der Waals surface area contributed by atoms with Crippen LogP contribution in [0.5, 0.6) is 0 Å². The molecule has 0 spiro atoms. The van der Waals surface area contributed by atoms with Gasteiger partial charge in [-0.15, -0.1) is 0 Å². The Hall–Kier alpha value is -1.29. The standard InChI is InChI=1S/C10H11NO3/c1-5-4-7-8(13-5)3-2-6-9(7)11-14-10(6)12/h4,6,10,12H,2-3H2,1H3. The number of rotatable bonds is 0. The zero-order valence-electron chi connectivity index (χ0n) is 7.86. The van der Waals surface area contributed by atoms with Gasteiger partial charge in [-0.3, -0.25) is 0 Å². The second-order valence-corrected chi connectivity index (χ2v) is 3.81. The summed E-state index contributed by atoms with van der Waals surface area (Å²) in [5.41, 5.74) is 1.85. The van der Waals surface area contributed by atoms with Crippen LogP contribution in [0.4, 0.5) is 0 Å². The van der Waals surface area contributed by atoms with Gasteiger partial charge in [0.25, 0.3) is 0 Å². The number of hydrogen-bond acceptors (Lipinski definition) is 4. The van der Waals surface area contributed by atoms with Crippen molar-refractivity contribution in [1.82, 2.24) is 0 Å². The van der Waals surface area contributed by atoms with Gasteiger partial charge in [0.15, 0.2) is 0 Å². The summed E-state index contributed by atoms with van der Waals surface area (Å²) in [4.78, 5) is 4.87. The first-order valence-corrected chi connectivity index (χ1v) is 4.77. The molecular formula is C10H11NO3. The quantitative estimate of drug-likeness (QED) is 0.673. The van der Waals surface area contributed by atoms with E-state index in [4.69, 9.17) is 9.25 Å². The predicted molar refractivity (Wildman–Crippen MR) is 48.9 cm³/mol. The van der Waals surface area contributed by atoms with Gasteiger partial charge in [-0.2, -0.15) is 0 Å². The summed E-state index contributed by atoms with van der Waals surface area (Å²) in [6, 6.07) is 1.96. The predicted octanol–water partition coefficient (Wildman–Crippen LogP) is 1.20. The van der Waals surface area contributed by atoms with Crippen molar-refractivity contribution in [3.05, 3.63) is 23.2 Å². The van der Waals surface area contributed by atoms with Crippen molar-refractivity contribution in [1.29, 1.82) is 0 Å². The van der Waals surface area contributed by atoms with Crippen molar-refractivity contribution in [2.24, 2.45) is 11.1 Å². The molecule has 2 heterocycles. The second kappa shape index (κ2) is 2.60. The van der Waals surface area contributed by atoms with Gasteiger partial charge in [-0.25, -0.2) is 0 Å². The fraction of sp³-hybridized carbons (Fsp3) is 0.500. The molecule has 4 heteroatoms. The van der Waals surface area contributed by atoms with Crippen molar-refractivity contribution in [2.75, 3.05) is 0 Å². The fourth-order valence-corrected chi connectivity index (χ4v) is 2.17. The second-order valence-electron chi connectivity index (χ2n) is 3.81. The molecule has 14 heavy (non-hydrogen) atoms. The average molecular weight is 193 g/mol. The number of fused-ring (bicyclic) bond motifs is 3. The summed E-state index contributed by atoms with van der Waals surface area (Å²) >= 11 is 0. The Morgan fingerprint density at radius 2 is 2.43 bits per heavy atom. The molecule has 1 aliphatic heterocycles. The molecule has 2 atom stereocenters. The minimum atomic E-state index is -0.770. The molecule has 4 nitrogen and oxygen atoms in total. The molecule has 0 radical (unpaired) electrons. The lowest BCUT2D eigenvalue weighted by Gasteiger charge is -2.17. The van der Waals surface area contributed by atoms with Gasteiger partial charge in [-0.05, 0) is 19.4 Å². The largest absolute Gasteiger partial charge is 0.466 e. The fourth-order valence-electron chi connectivity index (χ4n) is 2.17. The van der Waals surface area contributed by atoms with Crippen LogP contribution in [0.25, 0.3) is 0 Å². The Labute approximate surface area is 81.2 Å². The molecule has 0 aromatic carbocycles. The summed E-state index contributed by atoms with van der Waals surface area (Å²) in [7, 11) is 0. The number of oxime groups is 1. The Morgan fingerprint density at radius 1 is 1.57 bits per heavy atom. The van der Waals surface area contributed by atoms with Gasteiger partial charge in [0, 0.05) is 12.0 Å². The van der Waals surface area contributed by atoms with Gasteiger partial charge in [0.2, 0.25) is 6.29 Å². The first-order chi connectivity index (χ1) is 6.75. The zero-order valence-corrected chi connectivity index (χ0v) is 7.86. The Kier molecular flexibility index (Phi) is 1.50. The van der Waals surface area contributed by atoms with E-state index in [9.17, 15) is 5.11 Å². The number of aliphatic hydroxyl groups is 1. The lowest BCUT2D eigenvalue weighted by atomic mass is 9.86. The summed E-state index contributed by atoms with van der Waals surface area (Å²) < 4.78 is 5.53. The van der Waals surface area contributed by atoms with Crippen LogP contribution >= 0.6 is 0 Å². The van der Waals surface area contributed by atoms with Crippen LogP contribution in [-0.2, 0) is 11.3 Å². The molecular weight excluding hydrogens is 182 g/mol. The highest BCUT2D eigenvalue weighted by atomic mass is 16.7. The highest BCUT2D eigenvalue weighted by Gasteiger charge is 2.38. The summed E-state index contributed by atoms with van der Waals surface area (Å²) in [5.74, 6) is 1.88. The molecule has 1 aromatic heterocycles. The molecule has 1 N–H and O–H groups in total. The minimum Gasteiger partial charge on any atom is -0.466 e. The number of furan rings is 1. The van der Waals surface area contributed by atoms with Crippen molar-refractivity contribution in [3.8, 4) is 0 Å². The van der Waals surface area contributed by atoms with E-state index in [-0.39, 0.29) is 5.92 Å². The lowest BCUT2D eigenvalue weighted by Crippen LogP contribution is -2.27. The maximum atomic E-state index is 9.49. The van der Waals surface area contributed by atoms with E-state index in [1.54, 1.807) is 0 Å². The molecule has 2 unspecified atom stereocenters. The first kappa shape index (κ1) is 8.05. The van der Waals surface area contributed by atoms with E-state index in [0.717, 1.165) is 35.6 Å². The zero-order chi connectivity index (χ0) is 9.71. The Morgan fingerprint density at radius 3 is 3.29 bits per heavy atom. The SMILES string of the molecule is Cc1cc2c(o1)CCC1C2=NOC1O. The van der Waals surface area contributed by atoms with Crippen LogP contribution in [0.1, 0.15) is 23.5 Å². The van der Waals surface area contributed by atoms with Crippen LogP contribution in [0.15, 0.2) is 15.6 Å². The number of nitrogens with zero attached hydrogens (tertiary/aromatic N) is 1. The topological polar surface area (TPSA) is 55.0 Å². The third-order valence-corrected chi connectivity index (χ3v) is 2.85. The number of hydrogen-bond donors (Lipinski definition) is 1. The van der Waals surface area contributed by atoms with Gasteiger partial charge in [0.05, 0.1) is 5.92 Å². The lowest BCUT2D eigenvalue weighted by molar-refractivity contribution is -0.100. The van der Waals surface area contributed by atoms with Gasteiger partial charge < -0.3 is 14.4 Å². The van der Waals surface area contributed by atoms with Crippen LogP contribution in [-0.4, -0.2) is 17.1 Å². The highest BCUT2D eigenvalue weighted by Crippen LogP contribution is 2.34. The van der Waals surface area contributed by atoms with Crippen LogP contribution in [0.3, 0.4) is 0 Å². The van der Waals surface area contributed by atoms with E-state index < -0.39 is 6.29 Å².